The zero-order chi connectivity index (χ0) is 20.1. The van der Waals surface area contributed by atoms with Gasteiger partial charge in [0.15, 0.2) is 0 Å². The molecule has 0 aliphatic carbocycles. The molecule has 0 amide bonds. The Morgan fingerprint density at radius 1 is 1.14 bits per heavy atom. The molecule has 2 heterocycles. The molecule has 0 N–H and O–H groups in total. The summed E-state index contributed by atoms with van der Waals surface area (Å²) < 4.78 is 8.17. The lowest BCUT2D eigenvalue weighted by atomic mass is 9.92. The molecule has 0 bridgehead atoms. The summed E-state index contributed by atoms with van der Waals surface area (Å²) in [5.41, 5.74) is 5.25. The van der Waals surface area contributed by atoms with Crippen molar-refractivity contribution in [3.8, 4) is 11.1 Å². The van der Waals surface area contributed by atoms with Crippen LogP contribution >= 0.6 is 0 Å². The monoisotopic (exact) mass is 383 g/mol. The Kier molecular flexibility index (Phi) is 7.17. The number of anilines is 1. The largest absolute Gasteiger partial charge is 0.373 e. The van der Waals surface area contributed by atoms with E-state index < -0.39 is 0 Å². The molecule has 0 saturated carbocycles. The molecule has 2 unspecified atom stereocenters. The van der Waals surface area contributed by atoms with E-state index in [1.54, 1.807) is 0 Å². The first-order valence-electron chi connectivity index (χ1n) is 11.1. The molecule has 0 spiro atoms. The van der Waals surface area contributed by atoms with Gasteiger partial charge in [-0.2, -0.15) is 5.10 Å². The summed E-state index contributed by atoms with van der Waals surface area (Å²) in [6.45, 7) is 9.89. The highest BCUT2D eigenvalue weighted by atomic mass is 16.5. The van der Waals surface area contributed by atoms with Gasteiger partial charge >= 0.3 is 0 Å². The van der Waals surface area contributed by atoms with Gasteiger partial charge in [0.25, 0.3) is 0 Å². The van der Waals surface area contributed by atoms with Crippen LogP contribution in [0.15, 0.2) is 30.6 Å². The number of hydrogen-bond donors (Lipinski definition) is 0. The van der Waals surface area contributed by atoms with Gasteiger partial charge in [0.05, 0.1) is 18.4 Å². The summed E-state index contributed by atoms with van der Waals surface area (Å²) in [7, 11) is 1.97. The van der Waals surface area contributed by atoms with Crippen molar-refractivity contribution in [3.05, 3.63) is 36.2 Å². The van der Waals surface area contributed by atoms with Crippen molar-refractivity contribution in [2.75, 3.05) is 11.4 Å². The minimum atomic E-state index is 0.259. The number of unbranched alkanes of at least 4 members (excludes halogenated alkanes) is 1. The third-order valence-corrected chi connectivity index (χ3v) is 5.69. The number of ether oxygens (including phenoxy) is 1. The van der Waals surface area contributed by atoms with Crippen molar-refractivity contribution in [1.82, 2.24) is 9.78 Å². The number of nitrogens with zero attached hydrogens (tertiary/aromatic N) is 3. The predicted molar refractivity (Wildman–Crippen MR) is 118 cm³/mol. The van der Waals surface area contributed by atoms with Crippen molar-refractivity contribution >= 4 is 5.69 Å². The van der Waals surface area contributed by atoms with Gasteiger partial charge in [-0.15, -0.1) is 0 Å². The lowest BCUT2D eigenvalue weighted by Crippen LogP contribution is -2.46. The standard InChI is InChI=1S/C24H37N3O/c1-6-8-10-22(9-7-2)27-17-23(28-18(3)4)14-20-13-19(11-12-24(20)27)21-15-25-26(5)16-21/h11-13,15-16,18,22-23H,6-10,14,17H2,1-5H3. The van der Waals surface area contributed by atoms with E-state index in [1.807, 2.05) is 17.9 Å². The van der Waals surface area contributed by atoms with E-state index in [1.165, 1.54) is 54.5 Å². The summed E-state index contributed by atoms with van der Waals surface area (Å²) in [5, 5.41) is 4.34. The van der Waals surface area contributed by atoms with E-state index in [-0.39, 0.29) is 12.2 Å². The second-order valence-electron chi connectivity index (χ2n) is 8.49. The number of hydrogen-bond acceptors (Lipinski definition) is 3. The summed E-state index contributed by atoms with van der Waals surface area (Å²) in [4.78, 5) is 2.65. The smallest absolute Gasteiger partial charge is 0.0794 e. The van der Waals surface area contributed by atoms with Crippen LogP contribution in [0.3, 0.4) is 0 Å². The SMILES string of the molecule is CCCCC(CCC)N1CC(OC(C)C)Cc2cc(-c3cnn(C)c3)ccc21. The van der Waals surface area contributed by atoms with Crippen LogP contribution in [-0.4, -0.2) is 34.6 Å². The molecule has 0 radical (unpaired) electrons. The Labute approximate surface area is 170 Å². The maximum atomic E-state index is 6.30. The van der Waals surface area contributed by atoms with E-state index in [9.17, 15) is 0 Å². The van der Waals surface area contributed by atoms with Crippen molar-refractivity contribution in [2.24, 2.45) is 7.05 Å². The molecule has 1 aliphatic heterocycles. The van der Waals surface area contributed by atoms with Gasteiger partial charge in [0, 0.05) is 43.5 Å². The maximum Gasteiger partial charge on any atom is 0.0794 e. The number of benzene rings is 1. The fraction of sp³-hybridized carbons (Fsp3) is 0.625. The Balaban J connectivity index is 1.94. The van der Waals surface area contributed by atoms with E-state index >= 15 is 0 Å². The molecule has 28 heavy (non-hydrogen) atoms. The fourth-order valence-corrected chi connectivity index (χ4v) is 4.46. The molecular weight excluding hydrogens is 346 g/mol. The molecule has 1 aliphatic rings. The molecule has 1 aromatic carbocycles. The minimum Gasteiger partial charge on any atom is -0.373 e. The number of fused-ring (bicyclic) bond motifs is 1. The van der Waals surface area contributed by atoms with E-state index in [0.717, 1.165) is 13.0 Å². The van der Waals surface area contributed by atoms with Gasteiger partial charge in [-0.05, 0) is 49.9 Å². The van der Waals surface area contributed by atoms with Gasteiger partial charge in [0.2, 0.25) is 0 Å². The van der Waals surface area contributed by atoms with Crippen LogP contribution in [0.5, 0.6) is 0 Å². The molecule has 2 aromatic rings. The van der Waals surface area contributed by atoms with Crippen LogP contribution in [0, 0.1) is 0 Å². The summed E-state index contributed by atoms with van der Waals surface area (Å²) in [5.74, 6) is 0. The zero-order valence-electron chi connectivity index (χ0n) is 18.3. The highest BCUT2D eigenvalue weighted by molar-refractivity contribution is 5.69. The molecular formula is C24H37N3O. The summed E-state index contributed by atoms with van der Waals surface area (Å²) >= 11 is 0. The molecule has 2 atom stereocenters. The molecule has 4 heteroatoms. The van der Waals surface area contributed by atoms with Crippen LogP contribution in [-0.2, 0) is 18.2 Å². The third kappa shape index (κ3) is 4.96. The Morgan fingerprint density at radius 3 is 2.61 bits per heavy atom. The Hall–Kier alpha value is -1.81. The highest BCUT2D eigenvalue weighted by Crippen LogP contribution is 2.35. The highest BCUT2D eigenvalue weighted by Gasteiger charge is 2.30. The van der Waals surface area contributed by atoms with Gasteiger partial charge < -0.3 is 9.64 Å². The van der Waals surface area contributed by atoms with Crippen LogP contribution in [0.25, 0.3) is 11.1 Å². The van der Waals surface area contributed by atoms with Crippen molar-refractivity contribution in [3.63, 3.8) is 0 Å². The maximum absolute atomic E-state index is 6.30. The lowest BCUT2D eigenvalue weighted by molar-refractivity contribution is 0.00912. The van der Waals surface area contributed by atoms with E-state index in [0.29, 0.717) is 6.04 Å². The molecule has 154 valence electrons. The zero-order valence-corrected chi connectivity index (χ0v) is 18.3. The number of aryl methyl sites for hydroxylation is 1. The molecule has 1 aromatic heterocycles. The van der Waals surface area contributed by atoms with Crippen molar-refractivity contribution in [2.45, 2.75) is 84.5 Å². The second kappa shape index (κ2) is 9.60. The first kappa shape index (κ1) is 20.9. The average molecular weight is 384 g/mol. The quantitative estimate of drug-likeness (QED) is 0.564. The number of aromatic nitrogens is 2. The van der Waals surface area contributed by atoms with Gasteiger partial charge in [-0.1, -0.05) is 39.2 Å². The Morgan fingerprint density at radius 2 is 1.96 bits per heavy atom. The van der Waals surface area contributed by atoms with Gasteiger partial charge in [-0.25, -0.2) is 0 Å². The Bertz CT molecular complexity index is 752. The van der Waals surface area contributed by atoms with Crippen LogP contribution in [0.2, 0.25) is 0 Å². The van der Waals surface area contributed by atoms with E-state index in [2.05, 4.69) is 62.1 Å². The van der Waals surface area contributed by atoms with Crippen molar-refractivity contribution < 1.29 is 4.74 Å². The normalized spacial score (nSPS) is 17.8. The third-order valence-electron chi connectivity index (χ3n) is 5.69. The molecule has 4 nitrogen and oxygen atoms in total. The molecule has 3 rings (SSSR count). The first-order valence-corrected chi connectivity index (χ1v) is 11.1. The fourth-order valence-electron chi connectivity index (χ4n) is 4.46. The van der Waals surface area contributed by atoms with Crippen LogP contribution < -0.4 is 4.90 Å². The lowest BCUT2D eigenvalue weighted by Gasteiger charge is -2.42. The average Bonchev–Trinajstić information content (AvgIpc) is 3.10. The first-order chi connectivity index (χ1) is 13.5. The van der Waals surface area contributed by atoms with Crippen LogP contribution in [0.4, 0.5) is 5.69 Å². The van der Waals surface area contributed by atoms with Crippen molar-refractivity contribution in [1.29, 1.82) is 0 Å². The summed E-state index contributed by atoms with van der Waals surface area (Å²) in [6.07, 6.45) is 11.8. The van der Waals surface area contributed by atoms with Crippen LogP contribution in [0.1, 0.15) is 65.4 Å². The summed E-state index contributed by atoms with van der Waals surface area (Å²) in [6, 6.07) is 7.55. The van der Waals surface area contributed by atoms with E-state index in [4.69, 9.17) is 4.74 Å². The second-order valence-corrected chi connectivity index (χ2v) is 8.49. The minimum absolute atomic E-state index is 0.259. The number of rotatable bonds is 9. The topological polar surface area (TPSA) is 30.3 Å². The molecule has 0 fully saturated rings. The predicted octanol–water partition coefficient (Wildman–Crippen LogP) is 5.60. The molecule has 0 saturated heterocycles. The van der Waals surface area contributed by atoms with Gasteiger partial charge in [-0.3, -0.25) is 4.68 Å². The van der Waals surface area contributed by atoms with Gasteiger partial charge in [0.1, 0.15) is 0 Å².